The van der Waals surface area contributed by atoms with Gasteiger partial charge in [0.2, 0.25) is 0 Å². The second-order valence-corrected chi connectivity index (χ2v) is 3.54. The second kappa shape index (κ2) is 5.21. The SMILES string of the molecule is Oc1ccccc1.c1ccc2c(c1)CCO2. The molecule has 0 saturated heterocycles. The highest BCUT2D eigenvalue weighted by Gasteiger charge is 2.08. The summed E-state index contributed by atoms with van der Waals surface area (Å²) in [6.07, 6.45) is 1.08. The Morgan fingerprint density at radius 3 is 2.19 bits per heavy atom. The molecule has 1 N–H and O–H groups in total. The average molecular weight is 214 g/mol. The highest BCUT2D eigenvalue weighted by Crippen LogP contribution is 2.23. The van der Waals surface area contributed by atoms with E-state index in [0.717, 1.165) is 18.8 Å². The lowest BCUT2D eigenvalue weighted by Gasteiger charge is -1.93. The molecule has 82 valence electrons. The van der Waals surface area contributed by atoms with Gasteiger partial charge in [-0.1, -0.05) is 36.4 Å². The Bertz CT molecular complexity index is 414. The van der Waals surface area contributed by atoms with Gasteiger partial charge in [-0.3, -0.25) is 0 Å². The fraction of sp³-hybridized carbons (Fsp3) is 0.143. The van der Waals surface area contributed by atoms with E-state index in [0.29, 0.717) is 5.75 Å². The maximum absolute atomic E-state index is 8.63. The molecule has 3 rings (SSSR count). The maximum Gasteiger partial charge on any atom is 0.122 e. The van der Waals surface area contributed by atoms with E-state index in [1.807, 2.05) is 24.3 Å². The fourth-order valence-electron chi connectivity index (χ4n) is 1.55. The van der Waals surface area contributed by atoms with Gasteiger partial charge in [-0.05, 0) is 23.8 Å². The molecule has 0 aliphatic carbocycles. The second-order valence-electron chi connectivity index (χ2n) is 3.54. The van der Waals surface area contributed by atoms with Crippen molar-refractivity contribution in [2.24, 2.45) is 0 Å². The highest BCUT2D eigenvalue weighted by molar-refractivity contribution is 5.35. The largest absolute Gasteiger partial charge is 0.508 e. The van der Waals surface area contributed by atoms with Crippen LogP contribution in [0.5, 0.6) is 11.5 Å². The van der Waals surface area contributed by atoms with Crippen molar-refractivity contribution in [3.05, 3.63) is 60.2 Å². The molecule has 0 saturated carbocycles. The molecular formula is C14H14O2. The summed E-state index contributed by atoms with van der Waals surface area (Å²) in [5.74, 6) is 1.39. The molecule has 2 nitrogen and oxygen atoms in total. The maximum atomic E-state index is 8.63. The smallest absolute Gasteiger partial charge is 0.122 e. The molecule has 16 heavy (non-hydrogen) atoms. The standard InChI is InChI=1S/C8H8O.C6H6O/c1-2-4-8-7(3-1)5-6-9-8;7-6-4-2-1-3-5-6/h1-4H,5-6H2;1-5,7H. The molecular weight excluding hydrogens is 200 g/mol. The number of hydrogen-bond donors (Lipinski definition) is 1. The van der Waals surface area contributed by atoms with Crippen LogP contribution in [0.3, 0.4) is 0 Å². The Kier molecular flexibility index (Phi) is 3.44. The van der Waals surface area contributed by atoms with E-state index in [1.54, 1.807) is 24.3 Å². The molecule has 2 heteroatoms. The summed E-state index contributed by atoms with van der Waals surface area (Å²) < 4.78 is 5.30. The van der Waals surface area contributed by atoms with Gasteiger partial charge in [0.05, 0.1) is 6.61 Å². The number of hydrogen-bond acceptors (Lipinski definition) is 2. The van der Waals surface area contributed by atoms with Gasteiger partial charge in [0.25, 0.3) is 0 Å². The topological polar surface area (TPSA) is 29.5 Å². The van der Waals surface area contributed by atoms with Crippen LogP contribution in [0.25, 0.3) is 0 Å². The molecule has 1 aliphatic heterocycles. The lowest BCUT2D eigenvalue weighted by Crippen LogP contribution is -1.85. The number of phenolic OH excluding ortho intramolecular Hbond substituents is 1. The molecule has 0 spiro atoms. The van der Waals surface area contributed by atoms with Gasteiger partial charge < -0.3 is 9.84 Å². The Balaban J connectivity index is 0.000000125. The van der Waals surface area contributed by atoms with E-state index in [-0.39, 0.29) is 0 Å². The van der Waals surface area contributed by atoms with Crippen LogP contribution < -0.4 is 4.74 Å². The summed E-state index contributed by atoms with van der Waals surface area (Å²) in [6.45, 7) is 0.860. The zero-order valence-corrected chi connectivity index (χ0v) is 8.97. The third-order valence-corrected chi connectivity index (χ3v) is 2.36. The van der Waals surface area contributed by atoms with Gasteiger partial charge in [0, 0.05) is 6.42 Å². The molecule has 0 fully saturated rings. The quantitative estimate of drug-likeness (QED) is 0.730. The monoisotopic (exact) mass is 214 g/mol. The van der Waals surface area contributed by atoms with E-state index in [1.165, 1.54) is 5.56 Å². The molecule has 1 aliphatic rings. The van der Waals surface area contributed by atoms with E-state index in [2.05, 4.69) is 6.07 Å². The van der Waals surface area contributed by atoms with Gasteiger partial charge in [-0.15, -0.1) is 0 Å². The number of ether oxygens (including phenoxy) is 1. The van der Waals surface area contributed by atoms with Crippen molar-refractivity contribution in [2.75, 3.05) is 6.61 Å². The van der Waals surface area contributed by atoms with Gasteiger partial charge in [0.15, 0.2) is 0 Å². The summed E-state index contributed by atoms with van der Waals surface area (Å²) in [5, 5.41) is 8.63. The average Bonchev–Trinajstić information content (AvgIpc) is 2.79. The van der Waals surface area contributed by atoms with Crippen molar-refractivity contribution in [1.82, 2.24) is 0 Å². The van der Waals surface area contributed by atoms with E-state index < -0.39 is 0 Å². The Morgan fingerprint density at radius 2 is 1.56 bits per heavy atom. The van der Waals surface area contributed by atoms with Crippen LogP contribution in [0.4, 0.5) is 0 Å². The van der Waals surface area contributed by atoms with Crippen LogP contribution in [0.15, 0.2) is 54.6 Å². The molecule has 1 heterocycles. The highest BCUT2D eigenvalue weighted by atomic mass is 16.5. The zero-order chi connectivity index (χ0) is 11.2. The van der Waals surface area contributed by atoms with Gasteiger partial charge in [0.1, 0.15) is 11.5 Å². The van der Waals surface area contributed by atoms with Crippen molar-refractivity contribution < 1.29 is 9.84 Å². The van der Waals surface area contributed by atoms with Crippen molar-refractivity contribution in [3.8, 4) is 11.5 Å². The predicted octanol–water partition coefficient (Wildman–Crippen LogP) is 3.01. The van der Waals surface area contributed by atoms with Crippen LogP contribution in [-0.4, -0.2) is 11.7 Å². The number of phenols is 1. The molecule has 0 bridgehead atoms. The molecule has 0 unspecified atom stereocenters. The van der Waals surface area contributed by atoms with Crippen LogP contribution in [0.1, 0.15) is 5.56 Å². The summed E-state index contributed by atoms with van der Waals surface area (Å²) in [4.78, 5) is 0. The number of benzene rings is 2. The molecule has 0 amide bonds. The molecule has 2 aromatic rings. The van der Waals surface area contributed by atoms with Crippen molar-refractivity contribution in [2.45, 2.75) is 6.42 Å². The van der Waals surface area contributed by atoms with Crippen LogP contribution in [0, 0.1) is 0 Å². The molecule has 2 aromatic carbocycles. The van der Waals surface area contributed by atoms with Gasteiger partial charge in [-0.25, -0.2) is 0 Å². The lowest BCUT2D eigenvalue weighted by molar-refractivity contribution is 0.357. The number of para-hydroxylation sites is 2. The van der Waals surface area contributed by atoms with Gasteiger partial charge in [-0.2, -0.15) is 0 Å². The number of aromatic hydroxyl groups is 1. The Hall–Kier alpha value is -1.96. The zero-order valence-electron chi connectivity index (χ0n) is 8.97. The van der Waals surface area contributed by atoms with Crippen LogP contribution >= 0.6 is 0 Å². The minimum atomic E-state index is 0.322. The normalized spacial score (nSPS) is 12.0. The van der Waals surface area contributed by atoms with Crippen molar-refractivity contribution in [3.63, 3.8) is 0 Å². The first kappa shape index (κ1) is 10.6. The first-order valence-corrected chi connectivity index (χ1v) is 5.31. The van der Waals surface area contributed by atoms with E-state index in [4.69, 9.17) is 9.84 Å². The summed E-state index contributed by atoms with van der Waals surface area (Å²) in [5.41, 5.74) is 1.34. The van der Waals surface area contributed by atoms with Crippen molar-refractivity contribution in [1.29, 1.82) is 0 Å². The molecule has 0 radical (unpaired) electrons. The van der Waals surface area contributed by atoms with Crippen molar-refractivity contribution >= 4 is 0 Å². The summed E-state index contributed by atoms with van der Waals surface area (Å²) >= 11 is 0. The Labute approximate surface area is 95.1 Å². The van der Waals surface area contributed by atoms with Crippen LogP contribution in [0.2, 0.25) is 0 Å². The van der Waals surface area contributed by atoms with E-state index >= 15 is 0 Å². The minimum Gasteiger partial charge on any atom is -0.508 e. The lowest BCUT2D eigenvalue weighted by atomic mass is 10.2. The summed E-state index contributed by atoms with van der Waals surface area (Å²) in [6, 6.07) is 16.9. The molecule has 0 aromatic heterocycles. The first-order chi connectivity index (χ1) is 7.86. The third-order valence-electron chi connectivity index (χ3n) is 2.36. The first-order valence-electron chi connectivity index (χ1n) is 5.31. The van der Waals surface area contributed by atoms with E-state index in [9.17, 15) is 0 Å². The van der Waals surface area contributed by atoms with Gasteiger partial charge >= 0.3 is 0 Å². The third kappa shape index (κ3) is 2.76. The fourth-order valence-corrected chi connectivity index (χ4v) is 1.55. The molecule has 0 atom stereocenters. The summed E-state index contributed by atoms with van der Waals surface area (Å²) in [7, 11) is 0. The minimum absolute atomic E-state index is 0.322. The van der Waals surface area contributed by atoms with Crippen LogP contribution in [-0.2, 0) is 6.42 Å². The predicted molar refractivity (Wildman–Crippen MR) is 63.7 cm³/mol. The number of fused-ring (bicyclic) bond motifs is 1. The Morgan fingerprint density at radius 1 is 0.875 bits per heavy atom. The number of rotatable bonds is 0.